The highest BCUT2D eigenvalue weighted by Gasteiger charge is 2.28. The molecule has 98 valence electrons. The van der Waals surface area contributed by atoms with Crippen LogP contribution < -0.4 is 10.6 Å². The van der Waals surface area contributed by atoms with Crippen LogP contribution in [0.1, 0.15) is 19.4 Å². The fourth-order valence-electron chi connectivity index (χ4n) is 1.26. The fourth-order valence-corrected chi connectivity index (χ4v) is 1.26. The molecule has 0 aliphatic heterocycles. The molecule has 2 amide bonds. The first kappa shape index (κ1) is 14.0. The van der Waals surface area contributed by atoms with E-state index in [4.69, 9.17) is 5.11 Å². The SMILES string of the molecule is Cc1cc(F)ccc1NC(=O)NC(C)(C)C(=O)O. The second kappa shape index (κ2) is 5.03. The predicted octanol–water partition coefficient (Wildman–Crippen LogP) is 2.12. The van der Waals surface area contributed by atoms with E-state index in [2.05, 4.69) is 10.6 Å². The number of benzene rings is 1. The Labute approximate surface area is 104 Å². The van der Waals surface area contributed by atoms with Gasteiger partial charge in [0.2, 0.25) is 0 Å². The van der Waals surface area contributed by atoms with Gasteiger partial charge in [-0.2, -0.15) is 0 Å². The molecule has 0 spiro atoms. The van der Waals surface area contributed by atoms with Gasteiger partial charge in [-0.25, -0.2) is 14.0 Å². The van der Waals surface area contributed by atoms with Crippen molar-refractivity contribution < 1.29 is 19.1 Å². The van der Waals surface area contributed by atoms with Crippen LogP contribution >= 0.6 is 0 Å². The third kappa shape index (κ3) is 3.44. The second-order valence-corrected chi connectivity index (χ2v) is 4.47. The van der Waals surface area contributed by atoms with E-state index >= 15 is 0 Å². The number of nitrogens with one attached hydrogen (secondary N) is 2. The number of carbonyl (C=O) groups is 2. The van der Waals surface area contributed by atoms with E-state index in [1.165, 1.54) is 32.0 Å². The molecule has 0 radical (unpaired) electrons. The first-order chi connectivity index (χ1) is 8.22. The van der Waals surface area contributed by atoms with Gasteiger partial charge in [-0.15, -0.1) is 0 Å². The van der Waals surface area contributed by atoms with Crippen LogP contribution in [0.2, 0.25) is 0 Å². The summed E-state index contributed by atoms with van der Waals surface area (Å²) in [5, 5.41) is 13.6. The van der Waals surface area contributed by atoms with Crippen LogP contribution in [0.5, 0.6) is 0 Å². The molecule has 0 heterocycles. The molecule has 0 atom stereocenters. The van der Waals surface area contributed by atoms with Crippen molar-refractivity contribution in [2.24, 2.45) is 0 Å². The molecule has 0 aliphatic rings. The van der Waals surface area contributed by atoms with Crippen LogP contribution in [0.3, 0.4) is 0 Å². The molecule has 1 aromatic carbocycles. The normalized spacial score (nSPS) is 10.9. The highest BCUT2D eigenvalue weighted by atomic mass is 19.1. The van der Waals surface area contributed by atoms with Gasteiger partial charge in [-0.3, -0.25) is 0 Å². The summed E-state index contributed by atoms with van der Waals surface area (Å²) in [5.41, 5.74) is -0.397. The molecule has 0 saturated carbocycles. The number of amides is 2. The van der Waals surface area contributed by atoms with Gasteiger partial charge in [-0.1, -0.05) is 0 Å². The highest BCUT2D eigenvalue weighted by molar-refractivity contribution is 5.94. The smallest absolute Gasteiger partial charge is 0.328 e. The lowest BCUT2D eigenvalue weighted by Gasteiger charge is -2.21. The number of halogens is 1. The van der Waals surface area contributed by atoms with Crippen molar-refractivity contribution in [2.45, 2.75) is 26.3 Å². The standard InChI is InChI=1S/C12H15FN2O3/c1-7-6-8(13)4-5-9(7)14-11(18)15-12(2,3)10(16)17/h4-6H,1-3H3,(H,16,17)(H2,14,15,18). The Morgan fingerprint density at radius 3 is 2.44 bits per heavy atom. The van der Waals surface area contributed by atoms with E-state index in [9.17, 15) is 14.0 Å². The summed E-state index contributed by atoms with van der Waals surface area (Å²) in [7, 11) is 0. The maximum absolute atomic E-state index is 12.9. The summed E-state index contributed by atoms with van der Waals surface area (Å²) in [6.07, 6.45) is 0. The number of carbonyl (C=O) groups excluding carboxylic acids is 1. The third-order valence-corrected chi connectivity index (χ3v) is 2.40. The molecule has 1 rings (SSSR count). The van der Waals surface area contributed by atoms with Crippen LogP contribution in [0.15, 0.2) is 18.2 Å². The molecule has 6 heteroatoms. The lowest BCUT2D eigenvalue weighted by atomic mass is 10.1. The molecule has 0 aliphatic carbocycles. The number of aliphatic carboxylic acids is 1. The van der Waals surface area contributed by atoms with Crippen LogP contribution in [0.25, 0.3) is 0 Å². The van der Waals surface area contributed by atoms with Crippen molar-refractivity contribution in [3.8, 4) is 0 Å². The van der Waals surface area contributed by atoms with E-state index in [1.54, 1.807) is 6.92 Å². The number of carboxylic acid groups (broad SMARTS) is 1. The van der Waals surface area contributed by atoms with Crippen molar-refractivity contribution in [1.29, 1.82) is 0 Å². The minimum absolute atomic E-state index is 0.399. The van der Waals surface area contributed by atoms with Crippen LogP contribution in [0.4, 0.5) is 14.9 Å². The average Bonchev–Trinajstić information content (AvgIpc) is 2.21. The number of carboxylic acids is 1. The molecule has 0 saturated heterocycles. The zero-order valence-corrected chi connectivity index (χ0v) is 10.4. The topological polar surface area (TPSA) is 78.4 Å². The van der Waals surface area contributed by atoms with Gasteiger partial charge in [-0.05, 0) is 44.5 Å². The Balaban J connectivity index is 2.74. The summed E-state index contributed by atoms with van der Waals surface area (Å²) in [6.45, 7) is 4.37. The quantitative estimate of drug-likeness (QED) is 0.773. The Kier molecular flexibility index (Phi) is 3.90. The summed E-state index contributed by atoms with van der Waals surface area (Å²) in [6, 6.07) is 3.25. The number of anilines is 1. The number of hydrogen-bond acceptors (Lipinski definition) is 2. The highest BCUT2D eigenvalue weighted by Crippen LogP contribution is 2.15. The Hall–Kier alpha value is -2.11. The number of rotatable bonds is 3. The van der Waals surface area contributed by atoms with Gasteiger partial charge in [0, 0.05) is 5.69 Å². The van der Waals surface area contributed by atoms with Gasteiger partial charge < -0.3 is 15.7 Å². The second-order valence-electron chi connectivity index (χ2n) is 4.47. The number of urea groups is 1. The van der Waals surface area contributed by atoms with Crippen molar-refractivity contribution >= 4 is 17.7 Å². The predicted molar refractivity (Wildman–Crippen MR) is 65.0 cm³/mol. The van der Waals surface area contributed by atoms with E-state index in [-0.39, 0.29) is 0 Å². The van der Waals surface area contributed by atoms with Crippen molar-refractivity contribution in [1.82, 2.24) is 5.32 Å². The lowest BCUT2D eigenvalue weighted by Crippen LogP contribution is -2.51. The molecule has 18 heavy (non-hydrogen) atoms. The third-order valence-electron chi connectivity index (χ3n) is 2.40. The number of hydrogen-bond donors (Lipinski definition) is 3. The Bertz CT molecular complexity index is 486. The molecule has 0 fully saturated rings. The monoisotopic (exact) mass is 254 g/mol. The summed E-state index contributed by atoms with van der Waals surface area (Å²) < 4.78 is 12.9. The minimum atomic E-state index is -1.38. The molecule has 0 bridgehead atoms. The lowest BCUT2D eigenvalue weighted by molar-refractivity contribution is -0.142. The number of aryl methyl sites for hydroxylation is 1. The van der Waals surface area contributed by atoms with E-state index in [0.29, 0.717) is 11.3 Å². The molecule has 1 aromatic rings. The Morgan fingerprint density at radius 1 is 1.33 bits per heavy atom. The van der Waals surface area contributed by atoms with E-state index in [1.807, 2.05) is 0 Å². The molecule has 0 aromatic heterocycles. The zero-order valence-electron chi connectivity index (χ0n) is 10.4. The molecular formula is C12H15FN2O3. The largest absolute Gasteiger partial charge is 0.480 e. The first-order valence-corrected chi connectivity index (χ1v) is 5.31. The van der Waals surface area contributed by atoms with Gasteiger partial charge in [0.1, 0.15) is 11.4 Å². The molecule has 0 unspecified atom stereocenters. The zero-order chi connectivity index (χ0) is 13.9. The van der Waals surface area contributed by atoms with Gasteiger partial charge >= 0.3 is 12.0 Å². The van der Waals surface area contributed by atoms with Gasteiger partial charge in [0.15, 0.2) is 0 Å². The van der Waals surface area contributed by atoms with E-state index in [0.717, 1.165) is 0 Å². The van der Waals surface area contributed by atoms with Gasteiger partial charge in [0.25, 0.3) is 0 Å². The fraction of sp³-hybridized carbons (Fsp3) is 0.333. The Morgan fingerprint density at radius 2 is 1.94 bits per heavy atom. The summed E-state index contributed by atoms with van der Waals surface area (Å²) >= 11 is 0. The average molecular weight is 254 g/mol. The summed E-state index contributed by atoms with van der Waals surface area (Å²) in [4.78, 5) is 22.4. The molecular weight excluding hydrogens is 239 g/mol. The molecule has 3 N–H and O–H groups in total. The van der Waals surface area contributed by atoms with Crippen molar-refractivity contribution in [3.63, 3.8) is 0 Å². The van der Waals surface area contributed by atoms with E-state index < -0.39 is 23.4 Å². The van der Waals surface area contributed by atoms with Crippen molar-refractivity contribution in [2.75, 3.05) is 5.32 Å². The maximum atomic E-state index is 12.9. The van der Waals surface area contributed by atoms with Crippen LogP contribution in [-0.4, -0.2) is 22.6 Å². The maximum Gasteiger partial charge on any atom is 0.328 e. The van der Waals surface area contributed by atoms with Crippen LogP contribution in [-0.2, 0) is 4.79 Å². The summed E-state index contributed by atoms with van der Waals surface area (Å²) in [5.74, 6) is -1.54. The van der Waals surface area contributed by atoms with Gasteiger partial charge in [0.05, 0.1) is 0 Å². The first-order valence-electron chi connectivity index (χ1n) is 5.31. The van der Waals surface area contributed by atoms with Crippen molar-refractivity contribution in [3.05, 3.63) is 29.6 Å². The minimum Gasteiger partial charge on any atom is -0.480 e. The molecule has 5 nitrogen and oxygen atoms in total. The van der Waals surface area contributed by atoms with Crippen LogP contribution in [0, 0.1) is 12.7 Å².